The molecule has 7 nitrogen and oxygen atoms in total. The van der Waals surface area contributed by atoms with Gasteiger partial charge in [-0.15, -0.1) is 0 Å². The van der Waals surface area contributed by atoms with Crippen LogP contribution in [0.2, 0.25) is 5.15 Å². The lowest BCUT2D eigenvalue weighted by Crippen LogP contribution is -2.37. The van der Waals surface area contributed by atoms with Crippen molar-refractivity contribution < 1.29 is 13.9 Å². The molecule has 0 saturated heterocycles. The van der Waals surface area contributed by atoms with Gasteiger partial charge in [-0.1, -0.05) is 43.0 Å². The minimum atomic E-state index is -0.322. The number of hydrogen-bond acceptors (Lipinski definition) is 6. The lowest BCUT2D eigenvalue weighted by Gasteiger charge is -2.36. The zero-order valence-electron chi connectivity index (χ0n) is 25.8. The second kappa shape index (κ2) is 18.4. The SMILES string of the molecule is CCN(c1cc(F)cc(C=O)c1C)C1CCCCC1.CNCc1c(Cl)[nH]c(C)cc1=O.CNCc1cccc(OC)c1. The lowest BCUT2D eigenvalue weighted by atomic mass is 9.93. The van der Waals surface area contributed by atoms with Gasteiger partial charge in [0, 0.05) is 54.3 Å². The highest BCUT2D eigenvalue weighted by molar-refractivity contribution is 6.30. The second-order valence-electron chi connectivity index (χ2n) is 10.4. The van der Waals surface area contributed by atoms with Crippen molar-refractivity contribution in [2.75, 3.05) is 32.6 Å². The van der Waals surface area contributed by atoms with Crippen LogP contribution >= 0.6 is 11.6 Å². The summed E-state index contributed by atoms with van der Waals surface area (Å²) in [5.41, 5.74) is 4.83. The van der Waals surface area contributed by atoms with Gasteiger partial charge in [-0.25, -0.2) is 4.39 Å². The van der Waals surface area contributed by atoms with E-state index in [1.807, 2.05) is 32.2 Å². The molecule has 230 valence electrons. The molecule has 0 amide bonds. The van der Waals surface area contributed by atoms with Gasteiger partial charge in [0.05, 0.1) is 7.11 Å². The average molecular weight is 601 g/mol. The lowest BCUT2D eigenvalue weighted by molar-refractivity contribution is 0.112. The van der Waals surface area contributed by atoms with Crippen LogP contribution in [0.5, 0.6) is 5.75 Å². The van der Waals surface area contributed by atoms with E-state index in [1.165, 1.54) is 43.7 Å². The van der Waals surface area contributed by atoms with Gasteiger partial charge in [-0.05, 0) is 83.1 Å². The number of pyridine rings is 1. The number of H-pyrrole nitrogens is 1. The van der Waals surface area contributed by atoms with Crippen LogP contribution in [-0.4, -0.2) is 45.1 Å². The van der Waals surface area contributed by atoms with E-state index in [4.69, 9.17) is 16.3 Å². The number of rotatable bonds is 9. The number of nitrogens with zero attached hydrogens (tertiary/aromatic N) is 1. The molecule has 0 spiro atoms. The highest BCUT2D eigenvalue weighted by Crippen LogP contribution is 2.31. The van der Waals surface area contributed by atoms with Crippen molar-refractivity contribution in [1.82, 2.24) is 15.6 Å². The normalized spacial score (nSPS) is 12.9. The maximum absolute atomic E-state index is 13.7. The fraction of sp³-hybridized carbons (Fsp3) is 0.455. The Morgan fingerprint density at radius 1 is 1.07 bits per heavy atom. The number of aromatic amines is 1. The fourth-order valence-electron chi connectivity index (χ4n) is 5.13. The number of aryl methyl sites for hydroxylation is 1. The molecule has 1 fully saturated rings. The first-order chi connectivity index (χ1) is 20.2. The van der Waals surface area contributed by atoms with E-state index in [0.29, 0.717) is 28.9 Å². The van der Waals surface area contributed by atoms with E-state index in [9.17, 15) is 14.0 Å². The zero-order chi connectivity index (χ0) is 31.1. The van der Waals surface area contributed by atoms with Gasteiger partial charge < -0.3 is 25.3 Å². The summed E-state index contributed by atoms with van der Waals surface area (Å²) in [7, 11) is 5.38. The quantitative estimate of drug-likeness (QED) is 0.190. The topological polar surface area (TPSA) is 86.5 Å². The third kappa shape index (κ3) is 10.6. The van der Waals surface area contributed by atoms with Crippen molar-refractivity contribution in [2.45, 2.75) is 72.0 Å². The third-order valence-corrected chi connectivity index (χ3v) is 7.59. The molecule has 1 aliphatic rings. The standard InChI is InChI=1S/C16H22FNO.C9H13NO.C8H11ClN2O/c1-3-18(15-7-5-4-6-8-15)16-10-14(17)9-13(11-19)12(16)2;1-10-7-8-4-3-5-9(6-8)11-2;1-5-3-7(12)6(4-10-2)8(9)11-5/h9-11,15H,3-8H2,1-2H3;3-6,10H,7H2,1-2H3;3,10H,4H2,1-2H3,(H,11,12). The highest BCUT2D eigenvalue weighted by atomic mass is 35.5. The Morgan fingerprint density at radius 3 is 2.33 bits per heavy atom. The van der Waals surface area contributed by atoms with Crippen LogP contribution in [0.3, 0.4) is 0 Å². The summed E-state index contributed by atoms with van der Waals surface area (Å²) >= 11 is 5.82. The van der Waals surface area contributed by atoms with Crippen LogP contribution in [0.25, 0.3) is 0 Å². The molecule has 1 heterocycles. The van der Waals surface area contributed by atoms with E-state index < -0.39 is 0 Å². The number of ether oxygens (including phenoxy) is 1. The first kappa shape index (κ1) is 35.0. The van der Waals surface area contributed by atoms with E-state index >= 15 is 0 Å². The number of benzene rings is 2. The third-order valence-electron chi connectivity index (χ3n) is 7.26. The molecule has 4 rings (SSSR count). The molecule has 42 heavy (non-hydrogen) atoms. The second-order valence-corrected chi connectivity index (χ2v) is 10.7. The number of nitrogens with one attached hydrogen (secondary N) is 3. The monoisotopic (exact) mass is 600 g/mol. The number of anilines is 1. The molecule has 0 radical (unpaired) electrons. The summed E-state index contributed by atoms with van der Waals surface area (Å²) in [6.45, 7) is 8.04. The maximum Gasteiger partial charge on any atom is 0.187 e. The fourth-order valence-corrected chi connectivity index (χ4v) is 5.44. The number of carbonyl (C=O) groups is 1. The summed E-state index contributed by atoms with van der Waals surface area (Å²) in [4.78, 5) is 27.5. The van der Waals surface area contributed by atoms with Crippen molar-refractivity contribution in [3.8, 4) is 5.75 Å². The molecule has 3 aromatic rings. The molecular formula is C33H46ClFN4O3. The Bertz CT molecular complexity index is 1330. The van der Waals surface area contributed by atoms with E-state index in [2.05, 4.69) is 33.5 Å². The smallest absolute Gasteiger partial charge is 0.187 e. The number of aldehydes is 1. The molecule has 0 bridgehead atoms. The molecule has 1 saturated carbocycles. The maximum atomic E-state index is 13.7. The molecule has 0 aliphatic heterocycles. The van der Waals surface area contributed by atoms with Crippen molar-refractivity contribution in [3.05, 3.63) is 91.6 Å². The van der Waals surface area contributed by atoms with E-state index in [0.717, 1.165) is 42.1 Å². The summed E-state index contributed by atoms with van der Waals surface area (Å²) < 4.78 is 18.7. The van der Waals surface area contributed by atoms with Gasteiger partial charge in [0.15, 0.2) is 5.43 Å². The molecule has 9 heteroatoms. The molecule has 3 N–H and O–H groups in total. The molecule has 2 aromatic carbocycles. The van der Waals surface area contributed by atoms with Crippen LogP contribution in [-0.2, 0) is 13.1 Å². The largest absolute Gasteiger partial charge is 0.497 e. The van der Waals surface area contributed by atoms with Gasteiger partial charge in [0.25, 0.3) is 0 Å². The summed E-state index contributed by atoms with van der Waals surface area (Å²) in [6, 6.07) is 12.9. The van der Waals surface area contributed by atoms with E-state index in [1.54, 1.807) is 33.2 Å². The highest BCUT2D eigenvalue weighted by Gasteiger charge is 2.22. The Balaban J connectivity index is 0.000000233. The molecular weight excluding hydrogens is 555 g/mol. The van der Waals surface area contributed by atoms with Crippen LogP contribution in [0, 0.1) is 19.7 Å². The number of hydrogen-bond donors (Lipinski definition) is 3. The van der Waals surface area contributed by atoms with Gasteiger partial charge in [-0.2, -0.15) is 0 Å². The van der Waals surface area contributed by atoms with Crippen molar-refractivity contribution in [1.29, 1.82) is 0 Å². The van der Waals surface area contributed by atoms with E-state index in [-0.39, 0.29) is 11.2 Å². The predicted octanol–water partition coefficient (Wildman–Crippen LogP) is 6.58. The molecule has 1 aromatic heterocycles. The van der Waals surface area contributed by atoms with Crippen LogP contribution in [0.15, 0.2) is 47.3 Å². The zero-order valence-corrected chi connectivity index (χ0v) is 26.5. The van der Waals surface area contributed by atoms with Gasteiger partial charge in [0.2, 0.25) is 0 Å². The first-order valence-corrected chi connectivity index (χ1v) is 14.9. The Labute approximate surface area is 254 Å². The summed E-state index contributed by atoms with van der Waals surface area (Å²) in [5.74, 6) is 0.592. The Hall–Kier alpha value is -3.20. The molecule has 0 atom stereocenters. The van der Waals surface area contributed by atoms with Gasteiger partial charge >= 0.3 is 0 Å². The molecule has 1 aliphatic carbocycles. The van der Waals surface area contributed by atoms with Crippen molar-refractivity contribution in [3.63, 3.8) is 0 Å². The Kier molecular flexibility index (Phi) is 15.3. The van der Waals surface area contributed by atoms with Gasteiger partial charge in [-0.3, -0.25) is 9.59 Å². The number of carbonyl (C=O) groups excluding carboxylic acids is 1. The number of halogens is 2. The van der Waals surface area contributed by atoms with Crippen molar-refractivity contribution >= 4 is 23.6 Å². The van der Waals surface area contributed by atoms with Crippen LogP contribution in [0.4, 0.5) is 10.1 Å². The minimum Gasteiger partial charge on any atom is -0.497 e. The van der Waals surface area contributed by atoms with Crippen LogP contribution in [0.1, 0.15) is 71.8 Å². The first-order valence-electron chi connectivity index (χ1n) is 14.5. The Morgan fingerprint density at radius 2 is 1.76 bits per heavy atom. The summed E-state index contributed by atoms with van der Waals surface area (Å²) in [5, 5.41) is 6.39. The number of methoxy groups -OCH3 is 1. The van der Waals surface area contributed by atoms with Crippen molar-refractivity contribution in [2.24, 2.45) is 0 Å². The minimum absolute atomic E-state index is 0.0226. The van der Waals surface area contributed by atoms with Gasteiger partial charge in [0.1, 0.15) is 23.0 Å². The molecule has 0 unspecified atom stereocenters. The average Bonchev–Trinajstić information content (AvgIpc) is 2.98. The summed E-state index contributed by atoms with van der Waals surface area (Å²) in [6.07, 6.45) is 6.87. The predicted molar refractivity (Wildman–Crippen MR) is 172 cm³/mol. The van der Waals surface area contributed by atoms with Crippen LogP contribution < -0.4 is 25.7 Å². The number of aromatic nitrogens is 1.